The molecule has 2 amide bonds. The molecule has 0 aliphatic carbocycles. The van der Waals surface area contributed by atoms with Crippen LogP contribution < -0.4 is 5.32 Å². The number of fused-ring (bicyclic) bond motifs is 1. The first kappa shape index (κ1) is 20.3. The van der Waals surface area contributed by atoms with Crippen LogP contribution in [0.2, 0.25) is 5.15 Å². The van der Waals surface area contributed by atoms with E-state index in [1.807, 2.05) is 4.90 Å². The van der Waals surface area contributed by atoms with Crippen molar-refractivity contribution in [2.24, 2.45) is 0 Å². The molecule has 1 saturated heterocycles. The van der Waals surface area contributed by atoms with E-state index in [2.05, 4.69) is 10.3 Å². The van der Waals surface area contributed by atoms with Gasteiger partial charge >= 0.3 is 0 Å². The number of nitrogens with zero attached hydrogens (tertiary/aromatic N) is 2. The highest BCUT2D eigenvalue weighted by molar-refractivity contribution is 6.29. The number of carbonyl (C=O) groups excluding carboxylic acids is 2. The molecule has 1 atom stereocenters. The van der Waals surface area contributed by atoms with Crippen molar-refractivity contribution in [1.82, 2.24) is 15.2 Å². The zero-order valence-electron chi connectivity index (χ0n) is 16.2. The summed E-state index contributed by atoms with van der Waals surface area (Å²) in [5.41, 5.74) is 0.741. The SMILES string of the molecule is O=C(NCCC[C@H]1CCCN1C(=O)c1cccc(Cl)n1)c1cc2ccoc2cc1F. The molecule has 1 N–H and O–H groups in total. The van der Waals surface area contributed by atoms with Crippen molar-refractivity contribution in [2.75, 3.05) is 13.1 Å². The van der Waals surface area contributed by atoms with Crippen LogP contribution in [0.15, 0.2) is 47.1 Å². The monoisotopic (exact) mass is 429 g/mol. The summed E-state index contributed by atoms with van der Waals surface area (Å²) < 4.78 is 19.3. The summed E-state index contributed by atoms with van der Waals surface area (Å²) in [6.07, 6.45) is 4.72. The molecule has 0 unspecified atom stereocenters. The first-order valence-corrected chi connectivity index (χ1v) is 10.3. The van der Waals surface area contributed by atoms with E-state index in [4.69, 9.17) is 16.0 Å². The maximum atomic E-state index is 14.2. The summed E-state index contributed by atoms with van der Waals surface area (Å²) in [7, 11) is 0. The van der Waals surface area contributed by atoms with Gasteiger partial charge in [0.15, 0.2) is 0 Å². The van der Waals surface area contributed by atoms with Crippen LogP contribution in [0.25, 0.3) is 11.0 Å². The molecule has 6 nitrogen and oxygen atoms in total. The van der Waals surface area contributed by atoms with Gasteiger partial charge in [0.1, 0.15) is 22.2 Å². The highest BCUT2D eigenvalue weighted by Gasteiger charge is 2.29. The molecule has 1 aliphatic heterocycles. The Kier molecular flexibility index (Phi) is 5.99. The van der Waals surface area contributed by atoms with Crippen LogP contribution in [0.1, 0.15) is 46.5 Å². The number of amides is 2. The van der Waals surface area contributed by atoms with Crippen molar-refractivity contribution >= 4 is 34.4 Å². The van der Waals surface area contributed by atoms with E-state index in [1.54, 1.807) is 24.3 Å². The Morgan fingerprint density at radius 3 is 3.00 bits per heavy atom. The number of nitrogens with one attached hydrogen (secondary N) is 1. The van der Waals surface area contributed by atoms with Gasteiger partial charge in [-0.2, -0.15) is 0 Å². The Hall–Kier alpha value is -2.93. The number of halogens is 2. The minimum absolute atomic E-state index is 0.00592. The van der Waals surface area contributed by atoms with Gasteiger partial charge in [-0.25, -0.2) is 9.37 Å². The maximum Gasteiger partial charge on any atom is 0.272 e. The van der Waals surface area contributed by atoms with E-state index >= 15 is 0 Å². The smallest absolute Gasteiger partial charge is 0.272 e. The molecule has 3 heterocycles. The molecule has 0 spiro atoms. The van der Waals surface area contributed by atoms with Gasteiger partial charge < -0.3 is 14.6 Å². The van der Waals surface area contributed by atoms with E-state index in [1.165, 1.54) is 18.4 Å². The van der Waals surface area contributed by atoms with Crippen molar-refractivity contribution in [1.29, 1.82) is 0 Å². The number of hydrogen-bond donors (Lipinski definition) is 1. The predicted molar refractivity (Wildman–Crippen MR) is 111 cm³/mol. The van der Waals surface area contributed by atoms with Crippen LogP contribution in [-0.4, -0.2) is 40.8 Å². The van der Waals surface area contributed by atoms with E-state index in [9.17, 15) is 14.0 Å². The average molecular weight is 430 g/mol. The lowest BCUT2D eigenvalue weighted by Gasteiger charge is -2.24. The molecule has 30 heavy (non-hydrogen) atoms. The maximum absolute atomic E-state index is 14.2. The molecule has 1 aliphatic rings. The normalized spacial score (nSPS) is 16.2. The predicted octanol–water partition coefficient (Wildman–Crippen LogP) is 4.44. The number of pyridine rings is 1. The van der Waals surface area contributed by atoms with Crippen LogP contribution in [-0.2, 0) is 0 Å². The Labute approximate surface area is 178 Å². The van der Waals surface area contributed by atoms with Gasteiger partial charge in [-0.05, 0) is 49.9 Å². The summed E-state index contributed by atoms with van der Waals surface area (Å²) >= 11 is 5.90. The van der Waals surface area contributed by atoms with Crippen molar-refractivity contribution in [3.63, 3.8) is 0 Å². The van der Waals surface area contributed by atoms with E-state index in [-0.39, 0.29) is 17.5 Å². The number of aromatic nitrogens is 1. The van der Waals surface area contributed by atoms with E-state index in [0.717, 1.165) is 19.3 Å². The molecular formula is C22H21ClFN3O3. The number of benzene rings is 1. The topological polar surface area (TPSA) is 75.4 Å². The molecule has 1 aromatic carbocycles. The highest BCUT2D eigenvalue weighted by atomic mass is 35.5. The van der Waals surface area contributed by atoms with Gasteiger partial charge in [0.05, 0.1) is 11.8 Å². The minimum Gasteiger partial charge on any atom is -0.464 e. The fourth-order valence-electron chi connectivity index (χ4n) is 3.87. The Balaban J connectivity index is 1.30. The number of hydrogen-bond acceptors (Lipinski definition) is 4. The van der Waals surface area contributed by atoms with Crippen LogP contribution in [0, 0.1) is 5.82 Å². The molecule has 156 valence electrons. The first-order chi connectivity index (χ1) is 14.5. The Bertz CT molecular complexity index is 1080. The quantitative estimate of drug-likeness (QED) is 0.464. The van der Waals surface area contributed by atoms with Crippen molar-refractivity contribution in [3.8, 4) is 0 Å². The third kappa shape index (κ3) is 4.31. The second-order valence-corrected chi connectivity index (χ2v) is 7.72. The van der Waals surface area contributed by atoms with Crippen LogP contribution in [0.5, 0.6) is 0 Å². The van der Waals surface area contributed by atoms with E-state index in [0.29, 0.717) is 41.3 Å². The summed E-state index contributed by atoms with van der Waals surface area (Å²) in [5.74, 6) is -1.20. The van der Waals surface area contributed by atoms with Gasteiger partial charge in [0.25, 0.3) is 11.8 Å². The summed E-state index contributed by atoms with van der Waals surface area (Å²) in [6.45, 7) is 1.08. The number of carbonyl (C=O) groups is 2. The van der Waals surface area contributed by atoms with Crippen molar-refractivity contribution in [3.05, 3.63) is 64.9 Å². The van der Waals surface area contributed by atoms with Crippen LogP contribution in [0.3, 0.4) is 0 Å². The molecule has 2 aromatic heterocycles. The zero-order chi connectivity index (χ0) is 21.1. The lowest BCUT2D eigenvalue weighted by Crippen LogP contribution is -2.36. The minimum atomic E-state index is -0.614. The molecule has 0 bridgehead atoms. The zero-order valence-corrected chi connectivity index (χ0v) is 17.0. The van der Waals surface area contributed by atoms with Gasteiger partial charge in [-0.3, -0.25) is 9.59 Å². The van der Waals surface area contributed by atoms with Crippen LogP contribution >= 0.6 is 11.6 Å². The molecular weight excluding hydrogens is 409 g/mol. The summed E-state index contributed by atoms with van der Waals surface area (Å²) in [5, 5.41) is 3.73. The highest BCUT2D eigenvalue weighted by Crippen LogP contribution is 2.24. The number of likely N-dealkylation sites (tertiary alicyclic amines) is 1. The molecule has 1 fully saturated rings. The molecule has 0 radical (unpaired) electrons. The molecule has 8 heteroatoms. The van der Waals surface area contributed by atoms with Gasteiger partial charge in [0, 0.05) is 30.6 Å². The molecule has 4 rings (SSSR count). The standard InChI is InChI=1S/C22H21ClFN3O3/c23-20-7-1-6-18(26-20)22(29)27-10-3-5-15(27)4-2-9-25-21(28)16-12-14-8-11-30-19(14)13-17(16)24/h1,6-8,11-13,15H,2-5,9-10H2,(H,25,28)/t15-/m0/s1. The summed E-state index contributed by atoms with van der Waals surface area (Å²) in [6, 6.07) is 9.49. The van der Waals surface area contributed by atoms with Crippen LogP contribution in [0.4, 0.5) is 4.39 Å². The van der Waals surface area contributed by atoms with Crippen molar-refractivity contribution < 1.29 is 18.4 Å². The fourth-order valence-corrected chi connectivity index (χ4v) is 4.04. The summed E-state index contributed by atoms with van der Waals surface area (Å²) in [4.78, 5) is 31.0. The molecule has 0 saturated carbocycles. The number of rotatable bonds is 6. The lowest BCUT2D eigenvalue weighted by atomic mass is 10.1. The fraction of sp³-hybridized carbons (Fsp3) is 0.318. The third-order valence-electron chi connectivity index (χ3n) is 5.36. The Morgan fingerprint density at radius 2 is 2.17 bits per heavy atom. The first-order valence-electron chi connectivity index (χ1n) is 9.91. The Morgan fingerprint density at radius 1 is 1.30 bits per heavy atom. The second kappa shape index (κ2) is 8.83. The van der Waals surface area contributed by atoms with Gasteiger partial charge in [-0.15, -0.1) is 0 Å². The van der Waals surface area contributed by atoms with Gasteiger partial charge in [0.2, 0.25) is 0 Å². The van der Waals surface area contributed by atoms with Crippen molar-refractivity contribution in [2.45, 2.75) is 31.7 Å². The van der Waals surface area contributed by atoms with Gasteiger partial charge in [-0.1, -0.05) is 17.7 Å². The number of furan rings is 1. The molecule has 3 aromatic rings. The third-order valence-corrected chi connectivity index (χ3v) is 5.57. The van der Waals surface area contributed by atoms with E-state index < -0.39 is 11.7 Å². The largest absolute Gasteiger partial charge is 0.464 e. The average Bonchev–Trinajstić information content (AvgIpc) is 3.38. The lowest BCUT2D eigenvalue weighted by molar-refractivity contribution is 0.0721. The second-order valence-electron chi connectivity index (χ2n) is 7.33.